The summed E-state index contributed by atoms with van der Waals surface area (Å²) >= 11 is 0. The van der Waals surface area contributed by atoms with Crippen LogP contribution in [0.1, 0.15) is 0 Å². The maximum Gasteiger partial charge on any atom is 0.149 e. The van der Waals surface area contributed by atoms with Crippen LogP contribution in [0.3, 0.4) is 0 Å². The molecule has 0 aliphatic heterocycles. The van der Waals surface area contributed by atoms with Gasteiger partial charge in [0.25, 0.3) is 0 Å². The summed E-state index contributed by atoms with van der Waals surface area (Å²) < 4.78 is 0. The Labute approximate surface area is 59.7 Å². The summed E-state index contributed by atoms with van der Waals surface area (Å²) in [4.78, 5) is 10.3. The van der Waals surface area contributed by atoms with Crippen LogP contribution in [-0.2, 0) is 4.79 Å². The highest BCUT2D eigenvalue weighted by Crippen LogP contribution is 2.00. The zero-order valence-corrected chi connectivity index (χ0v) is 5.53. The monoisotopic (exact) mass is 135 g/mol. The third-order valence-corrected chi connectivity index (χ3v) is 1.25. The smallest absolute Gasteiger partial charge is 0.149 e. The van der Waals surface area contributed by atoms with E-state index < -0.39 is 0 Å². The number of hydrogen-bond donors (Lipinski definition) is 1. The van der Waals surface area contributed by atoms with Crippen molar-refractivity contribution in [3.63, 3.8) is 0 Å². The molecular formula is C8H9NO. The maximum atomic E-state index is 10.3. The average molecular weight is 135 g/mol. The fraction of sp³-hybridized carbons (Fsp3) is 0.125. The van der Waals surface area contributed by atoms with Crippen LogP contribution >= 0.6 is 0 Å². The van der Waals surface area contributed by atoms with Gasteiger partial charge in [-0.05, 0) is 0 Å². The van der Waals surface area contributed by atoms with E-state index in [-0.39, 0.29) is 6.04 Å². The van der Waals surface area contributed by atoms with Gasteiger partial charge in [0.15, 0.2) is 0 Å². The van der Waals surface area contributed by atoms with Crippen LogP contribution in [0.4, 0.5) is 0 Å². The first-order valence-corrected chi connectivity index (χ1v) is 3.10. The van der Waals surface area contributed by atoms with Crippen LogP contribution < -0.4 is 5.73 Å². The van der Waals surface area contributed by atoms with E-state index in [2.05, 4.69) is 0 Å². The molecule has 1 unspecified atom stereocenters. The summed E-state index contributed by atoms with van der Waals surface area (Å²) in [5.41, 5.74) is 6.18. The van der Waals surface area contributed by atoms with Gasteiger partial charge in [0.1, 0.15) is 6.29 Å². The van der Waals surface area contributed by atoms with Gasteiger partial charge in [-0.15, -0.1) is 0 Å². The molecule has 0 heterocycles. The number of carbonyl (C=O) groups is 1. The number of allylic oxidation sites excluding steroid dienone is 4. The van der Waals surface area contributed by atoms with Crippen molar-refractivity contribution in [1.82, 2.24) is 0 Å². The van der Waals surface area contributed by atoms with E-state index >= 15 is 0 Å². The van der Waals surface area contributed by atoms with E-state index in [4.69, 9.17) is 5.73 Å². The van der Waals surface area contributed by atoms with Gasteiger partial charge >= 0.3 is 0 Å². The van der Waals surface area contributed by atoms with Crippen LogP contribution in [-0.4, -0.2) is 12.3 Å². The zero-order valence-electron chi connectivity index (χ0n) is 5.53. The van der Waals surface area contributed by atoms with Gasteiger partial charge in [0.05, 0.1) is 0 Å². The molecule has 2 nitrogen and oxygen atoms in total. The lowest BCUT2D eigenvalue weighted by Gasteiger charge is -1.95. The second-order valence-electron chi connectivity index (χ2n) is 2.11. The first-order chi connectivity index (χ1) is 4.83. The van der Waals surface area contributed by atoms with Gasteiger partial charge in [-0.1, -0.05) is 30.4 Å². The molecule has 52 valence electrons. The van der Waals surface area contributed by atoms with Crippen molar-refractivity contribution in [2.24, 2.45) is 5.73 Å². The molecule has 0 saturated carbocycles. The molecule has 1 aliphatic carbocycles. The Balaban J connectivity index is 2.83. The van der Waals surface area contributed by atoms with Crippen molar-refractivity contribution in [1.29, 1.82) is 0 Å². The first-order valence-electron chi connectivity index (χ1n) is 3.10. The highest BCUT2D eigenvalue weighted by molar-refractivity contribution is 5.78. The van der Waals surface area contributed by atoms with Gasteiger partial charge in [0.2, 0.25) is 0 Å². The van der Waals surface area contributed by atoms with Crippen molar-refractivity contribution in [2.75, 3.05) is 0 Å². The predicted molar refractivity (Wildman–Crippen MR) is 40.4 cm³/mol. The first kappa shape index (κ1) is 6.96. The van der Waals surface area contributed by atoms with Crippen molar-refractivity contribution >= 4 is 6.29 Å². The molecule has 0 fully saturated rings. The fourth-order valence-electron chi connectivity index (χ4n) is 0.771. The molecule has 1 rings (SSSR count). The highest BCUT2D eigenvalue weighted by atomic mass is 16.1. The molecular weight excluding hydrogens is 126 g/mol. The molecule has 0 aromatic rings. The third-order valence-electron chi connectivity index (χ3n) is 1.25. The standard InChI is InChI=1S/C8H9NO/c9-8-4-2-1-3-7(5-8)6-10/h1-6,8H,9H2. The van der Waals surface area contributed by atoms with Crippen molar-refractivity contribution < 1.29 is 4.79 Å². The molecule has 0 aromatic heterocycles. The second kappa shape index (κ2) is 3.13. The van der Waals surface area contributed by atoms with Gasteiger partial charge in [-0.25, -0.2) is 0 Å². The highest BCUT2D eigenvalue weighted by Gasteiger charge is 1.96. The molecule has 1 aliphatic rings. The van der Waals surface area contributed by atoms with E-state index in [1.54, 1.807) is 18.2 Å². The molecule has 0 saturated heterocycles. The zero-order chi connectivity index (χ0) is 7.40. The van der Waals surface area contributed by atoms with Gasteiger partial charge < -0.3 is 5.73 Å². The van der Waals surface area contributed by atoms with E-state index in [1.807, 2.05) is 12.2 Å². The summed E-state index contributed by atoms with van der Waals surface area (Å²) in [7, 11) is 0. The molecule has 0 radical (unpaired) electrons. The number of hydrogen-bond acceptors (Lipinski definition) is 2. The SMILES string of the molecule is NC1C=CC=CC(C=O)=C1. The van der Waals surface area contributed by atoms with E-state index in [0.717, 1.165) is 6.29 Å². The van der Waals surface area contributed by atoms with Crippen LogP contribution in [0.2, 0.25) is 0 Å². The molecule has 1 atom stereocenters. The van der Waals surface area contributed by atoms with Crippen LogP contribution in [0.5, 0.6) is 0 Å². The van der Waals surface area contributed by atoms with E-state index in [9.17, 15) is 4.79 Å². The Kier molecular flexibility index (Phi) is 2.18. The largest absolute Gasteiger partial charge is 0.321 e. The molecule has 0 amide bonds. The lowest BCUT2D eigenvalue weighted by Crippen LogP contribution is -2.13. The molecule has 0 bridgehead atoms. The summed E-state index contributed by atoms with van der Waals surface area (Å²) in [5, 5.41) is 0. The summed E-state index contributed by atoms with van der Waals surface area (Å²) in [5.74, 6) is 0. The number of nitrogens with two attached hydrogens (primary N) is 1. The fourth-order valence-corrected chi connectivity index (χ4v) is 0.771. The normalized spacial score (nSPS) is 23.7. The van der Waals surface area contributed by atoms with Crippen LogP contribution in [0.15, 0.2) is 36.0 Å². The summed E-state index contributed by atoms with van der Waals surface area (Å²) in [6.07, 6.45) is 9.70. The lowest BCUT2D eigenvalue weighted by atomic mass is 10.2. The van der Waals surface area contributed by atoms with Gasteiger partial charge in [0, 0.05) is 11.6 Å². The van der Waals surface area contributed by atoms with Crippen molar-refractivity contribution in [2.45, 2.75) is 6.04 Å². The molecule has 2 heteroatoms. The van der Waals surface area contributed by atoms with Crippen LogP contribution in [0.25, 0.3) is 0 Å². The molecule has 0 aromatic carbocycles. The number of aldehydes is 1. The maximum absolute atomic E-state index is 10.3. The summed E-state index contributed by atoms with van der Waals surface area (Å²) in [6.45, 7) is 0. The number of rotatable bonds is 1. The Morgan fingerprint density at radius 3 is 3.00 bits per heavy atom. The minimum absolute atomic E-state index is 0.129. The summed E-state index contributed by atoms with van der Waals surface area (Å²) in [6, 6.07) is -0.129. The topological polar surface area (TPSA) is 43.1 Å². The molecule has 10 heavy (non-hydrogen) atoms. The van der Waals surface area contributed by atoms with E-state index in [1.165, 1.54) is 0 Å². The number of carbonyl (C=O) groups excluding carboxylic acids is 1. The van der Waals surface area contributed by atoms with E-state index in [0.29, 0.717) is 5.57 Å². The Bertz CT molecular complexity index is 213. The second-order valence-corrected chi connectivity index (χ2v) is 2.11. The van der Waals surface area contributed by atoms with Crippen molar-refractivity contribution in [3.8, 4) is 0 Å². The van der Waals surface area contributed by atoms with Gasteiger partial charge in [-0.3, -0.25) is 4.79 Å². The minimum atomic E-state index is -0.129. The predicted octanol–water partition coefficient (Wildman–Crippen LogP) is 0.565. The lowest BCUT2D eigenvalue weighted by molar-refractivity contribution is -0.104. The van der Waals surface area contributed by atoms with Crippen molar-refractivity contribution in [3.05, 3.63) is 36.0 Å². The third kappa shape index (κ3) is 1.67. The average Bonchev–Trinajstić information content (AvgIpc) is 2.13. The Morgan fingerprint density at radius 2 is 2.30 bits per heavy atom. The van der Waals surface area contributed by atoms with Crippen LogP contribution in [0, 0.1) is 0 Å². The molecule has 0 spiro atoms. The van der Waals surface area contributed by atoms with Gasteiger partial charge in [-0.2, -0.15) is 0 Å². The quantitative estimate of drug-likeness (QED) is 0.534. The Morgan fingerprint density at radius 1 is 1.50 bits per heavy atom. The molecule has 2 N–H and O–H groups in total. The minimum Gasteiger partial charge on any atom is -0.321 e. The Hall–Kier alpha value is -1.15.